The Labute approximate surface area is 157 Å². The summed E-state index contributed by atoms with van der Waals surface area (Å²) in [6.07, 6.45) is 3.02. The molecule has 1 N–H and O–H groups in total. The first-order valence-corrected chi connectivity index (χ1v) is 8.03. The van der Waals surface area contributed by atoms with Gasteiger partial charge >= 0.3 is 0 Å². The van der Waals surface area contributed by atoms with Crippen LogP contribution >= 0.6 is 11.6 Å². The molecule has 0 radical (unpaired) electrons. The molecule has 0 atom stereocenters. The highest BCUT2D eigenvalue weighted by Crippen LogP contribution is 2.40. The molecule has 0 heterocycles. The number of carbonyl (C=O) groups is 1. The molecule has 0 bridgehead atoms. The number of amides is 1. The summed E-state index contributed by atoms with van der Waals surface area (Å²) in [6.45, 7) is 0. The Morgan fingerprint density at radius 3 is 2.15 bits per heavy atom. The van der Waals surface area contributed by atoms with Gasteiger partial charge in [-0.2, -0.15) is 0 Å². The minimum atomic E-state index is -0.317. The summed E-state index contributed by atoms with van der Waals surface area (Å²) in [5.74, 6) is 1.69. The number of carbonyl (C=O) groups excluding carboxylic acids is 1. The van der Waals surface area contributed by atoms with Crippen molar-refractivity contribution in [2.75, 3.05) is 33.8 Å². The summed E-state index contributed by atoms with van der Waals surface area (Å²) >= 11 is 6.05. The largest absolute Gasteiger partial charge is 0.495 e. The van der Waals surface area contributed by atoms with Crippen LogP contribution in [0.2, 0.25) is 5.02 Å². The van der Waals surface area contributed by atoms with E-state index in [9.17, 15) is 4.79 Å². The maximum Gasteiger partial charge on any atom is 0.248 e. The minimum Gasteiger partial charge on any atom is -0.495 e. The molecule has 2 rings (SSSR count). The molecule has 6 nitrogen and oxygen atoms in total. The van der Waals surface area contributed by atoms with Crippen LogP contribution in [0.1, 0.15) is 5.56 Å². The first kappa shape index (κ1) is 19.5. The van der Waals surface area contributed by atoms with E-state index in [-0.39, 0.29) is 5.91 Å². The normalized spacial score (nSPS) is 10.5. The highest BCUT2D eigenvalue weighted by Gasteiger charge is 2.14. The summed E-state index contributed by atoms with van der Waals surface area (Å²) in [7, 11) is 6.11. The third-order valence-corrected chi connectivity index (χ3v) is 3.86. The van der Waals surface area contributed by atoms with Crippen LogP contribution in [0, 0.1) is 0 Å². The molecule has 138 valence electrons. The standard InChI is InChI=1S/C19H20ClNO5/c1-23-15-9-7-13(11-14(15)20)21-17(22)10-6-12-5-8-16(24-2)19(26-4)18(12)25-3/h5-11H,1-4H3,(H,21,22)/b10-6+. The van der Waals surface area contributed by atoms with Crippen LogP contribution in [-0.2, 0) is 4.79 Å². The minimum absolute atomic E-state index is 0.317. The fraction of sp³-hybridized carbons (Fsp3) is 0.211. The molecule has 0 aliphatic carbocycles. The Bertz CT molecular complexity index is 820. The third-order valence-electron chi connectivity index (χ3n) is 3.57. The average molecular weight is 378 g/mol. The van der Waals surface area contributed by atoms with Crippen molar-refractivity contribution in [3.05, 3.63) is 47.0 Å². The molecule has 0 aliphatic rings. The molecule has 0 aromatic heterocycles. The monoisotopic (exact) mass is 377 g/mol. The van der Waals surface area contributed by atoms with E-state index in [0.717, 1.165) is 0 Å². The molecule has 0 saturated carbocycles. The zero-order valence-electron chi connectivity index (χ0n) is 15.0. The first-order chi connectivity index (χ1) is 12.5. The van der Waals surface area contributed by atoms with Gasteiger partial charge in [0.1, 0.15) is 5.75 Å². The first-order valence-electron chi connectivity index (χ1n) is 7.65. The van der Waals surface area contributed by atoms with E-state index in [0.29, 0.717) is 39.3 Å². The number of hydrogen-bond acceptors (Lipinski definition) is 5. The SMILES string of the molecule is COc1ccc(NC(=O)/C=C/c2ccc(OC)c(OC)c2OC)cc1Cl. The van der Waals surface area contributed by atoms with Crippen molar-refractivity contribution in [3.8, 4) is 23.0 Å². The number of nitrogens with one attached hydrogen (secondary N) is 1. The van der Waals surface area contributed by atoms with E-state index in [1.807, 2.05) is 0 Å². The van der Waals surface area contributed by atoms with Crippen molar-refractivity contribution in [1.82, 2.24) is 0 Å². The summed E-state index contributed by atoms with van der Waals surface area (Å²) in [5, 5.41) is 3.14. The lowest BCUT2D eigenvalue weighted by Crippen LogP contribution is -2.07. The number of ether oxygens (including phenoxy) is 4. The topological polar surface area (TPSA) is 66.0 Å². The van der Waals surface area contributed by atoms with Crippen LogP contribution in [0.25, 0.3) is 6.08 Å². The number of methoxy groups -OCH3 is 4. The molecule has 0 aliphatic heterocycles. The van der Waals surface area contributed by atoms with Crippen LogP contribution < -0.4 is 24.3 Å². The van der Waals surface area contributed by atoms with E-state index in [2.05, 4.69) is 5.32 Å². The molecule has 7 heteroatoms. The lowest BCUT2D eigenvalue weighted by Gasteiger charge is -2.14. The maximum absolute atomic E-state index is 12.2. The molecular weight excluding hydrogens is 358 g/mol. The van der Waals surface area contributed by atoms with E-state index in [1.165, 1.54) is 27.4 Å². The predicted octanol–water partition coefficient (Wildman–Crippen LogP) is 4.03. The Balaban J connectivity index is 2.19. The van der Waals surface area contributed by atoms with Gasteiger partial charge in [-0.1, -0.05) is 11.6 Å². The van der Waals surface area contributed by atoms with Crippen molar-refractivity contribution < 1.29 is 23.7 Å². The summed E-state index contributed by atoms with van der Waals surface area (Å²) in [6, 6.07) is 8.51. The Morgan fingerprint density at radius 1 is 0.923 bits per heavy atom. The molecule has 0 spiro atoms. The summed E-state index contributed by atoms with van der Waals surface area (Å²) in [5.41, 5.74) is 1.23. The maximum atomic E-state index is 12.2. The number of benzene rings is 2. The van der Waals surface area contributed by atoms with Crippen LogP contribution in [-0.4, -0.2) is 34.3 Å². The van der Waals surface area contributed by atoms with Crippen molar-refractivity contribution >= 4 is 29.3 Å². The van der Waals surface area contributed by atoms with Crippen molar-refractivity contribution in [2.24, 2.45) is 0 Å². The second kappa shape index (κ2) is 9.01. The molecule has 0 unspecified atom stereocenters. The van der Waals surface area contributed by atoms with Gasteiger partial charge in [0.15, 0.2) is 11.5 Å². The van der Waals surface area contributed by atoms with E-state index >= 15 is 0 Å². The van der Waals surface area contributed by atoms with Gasteiger partial charge < -0.3 is 24.3 Å². The highest BCUT2D eigenvalue weighted by atomic mass is 35.5. The molecule has 2 aromatic rings. The van der Waals surface area contributed by atoms with Gasteiger partial charge in [0.05, 0.1) is 33.5 Å². The van der Waals surface area contributed by atoms with Crippen LogP contribution in [0.3, 0.4) is 0 Å². The Hall–Kier alpha value is -2.86. The lowest BCUT2D eigenvalue weighted by atomic mass is 10.1. The van der Waals surface area contributed by atoms with Crippen molar-refractivity contribution in [3.63, 3.8) is 0 Å². The lowest BCUT2D eigenvalue weighted by molar-refractivity contribution is -0.111. The predicted molar refractivity (Wildman–Crippen MR) is 102 cm³/mol. The molecule has 0 fully saturated rings. The fourth-order valence-corrected chi connectivity index (χ4v) is 2.61. The van der Waals surface area contributed by atoms with Gasteiger partial charge in [0.25, 0.3) is 0 Å². The second-order valence-electron chi connectivity index (χ2n) is 5.10. The smallest absolute Gasteiger partial charge is 0.248 e. The second-order valence-corrected chi connectivity index (χ2v) is 5.50. The van der Waals surface area contributed by atoms with Gasteiger partial charge in [-0.15, -0.1) is 0 Å². The summed E-state index contributed by atoms with van der Waals surface area (Å²) in [4.78, 5) is 12.2. The van der Waals surface area contributed by atoms with Gasteiger partial charge in [-0.3, -0.25) is 4.79 Å². The van der Waals surface area contributed by atoms with Crippen LogP contribution in [0.15, 0.2) is 36.4 Å². The van der Waals surface area contributed by atoms with E-state index in [4.69, 9.17) is 30.5 Å². The number of rotatable bonds is 7. The molecule has 1 amide bonds. The zero-order chi connectivity index (χ0) is 19.1. The molecule has 26 heavy (non-hydrogen) atoms. The van der Waals surface area contributed by atoms with Crippen molar-refractivity contribution in [2.45, 2.75) is 0 Å². The van der Waals surface area contributed by atoms with Crippen LogP contribution in [0.4, 0.5) is 5.69 Å². The molecule has 2 aromatic carbocycles. The van der Waals surface area contributed by atoms with E-state index in [1.54, 1.807) is 43.5 Å². The Kier molecular flexibility index (Phi) is 6.74. The van der Waals surface area contributed by atoms with E-state index < -0.39 is 0 Å². The average Bonchev–Trinajstić information content (AvgIpc) is 2.65. The van der Waals surface area contributed by atoms with Gasteiger partial charge in [-0.25, -0.2) is 0 Å². The number of hydrogen-bond donors (Lipinski definition) is 1. The molecular formula is C19H20ClNO5. The third kappa shape index (κ3) is 4.40. The van der Waals surface area contributed by atoms with Gasteiger partial charge in [0, 0.05) is 17.3 Å². The van der Waals surface area contributed by atoms with Gasteiger partial charge in [0.2, 0.25) is 11.7 Å². The summed E-state index contributed by atoms with van der Waals surface area (Å²) < 4.78 is 21.0. The van der Waals surface area contributed by atoms with Crippen LogP contribution in [0.5, 0.6) is 23.0 Å². The molecule has 0 saturated heterocycles. The number of anilines is 1. The zero-order valence-corrected chi connectivity index (χ0v) is 15.7. The van der Waals surface area contributed by atoms with Gasteiger partial charge in [-0.05, 0) is 36.4 Å². The van der Waals surface area contributed by atoms with Crippen molar-refractivity contribution in [1.29, 1.82) is 0 Å². The highest BCUT2D eigenvalue weighted by molar-refractivity contribution is 6.32. The number of halogens is 1. The quantitative estimate of drug-likeness (QED) is 0.738. The Morgan fingerprint density at radius 2 is 1.58 bits per heavy atom. The fourth-order valence-electron chi connectivity index (χ4n) is 2.35.